The molecular weight excluding hydrogens is 387 g/mol. The van der Waals surface area contributed by atoms with Crippen LogP contribution in [0.3, 0.4) is 0 Å². The first kappa shape index (κ1) is 19.5. The molecule has 0 heterocycles. The molecule has 0 radical (unpaired) electrons. The standard InChI is InChI=1S/C24H14Cl2N2/c25-23-5-1-3-17(13-23)11-21(15-27)19-7-9-20(10-8-19)22(16-28)12-18-4-2-6-24(26)14-18/h1-14H. The van der Waals surface area contributed by atoms with Crippen molar-refractivity contribution in [1.82, 2.24) is 0 Å². The van der Waals surface area contributed by atoms with Crippen LogP contribution >= 0.6 is 23.2 Å². The molecule has 0 aromatic heterocycles. The van der Waals surface area contributed by atoms with E-state index in [4.69, 9.17) is 23.2 Å². The third-order valence-electron chi connectivity index (χ3n) is 4.07. The predicted octanol–water partition coefficient (Wildman–Crippen LogP) is 7.12. The van der Waals surface area contributed by atoms with E-state index >= 15 is 0 Å². The molecule has 28 heavy (non-hydrogen) atoms. The zero-order chi connectivity index (χ0) is 19.9. The van der Waals surface area contributed by atoms with Gasteiger partial charge in [0.1, 0.15) is 0 Å². The third kappa shape index (κ3) is 4.90. The highest BCUT2D eigenvalue weighted by Crippen LogP contribution is 2.24. The summed E-state index contributed by atoms with van der Waals surface area (Å²) in [5.74, 6) is 0. The number of nitriles is 2. The topological polar surface area (TPSA) is 47.6 Å². The minimum atomic E-state index is 0.520. The van der Waals surface area contributed by atoms with Crippen LogP contribution in [0, 0.1) is 22.7 Å². The fourth-order valence-corrected chi connectivity index (χ4v) is 3.11. The molecule has 0 saturated carbocycles. The summed E-state index contributed by atoms with van der Waals surface area (Å²) in [7, 11) is 0. The van der Waals surface area contributed by atoms with Gasteiger partial charge < -0.3 is 0 Å². The van der Waals surface area contributed by atoms with Gasteiger partial charge in [0, 0.05) is 10.0 Å². The molecule has 0 fully saturated rings. The number of benzene rings is 3. The Balaban J connectivity index is 1.91. The lowest BCUT2D eigenvalue weighted by Crippen LogP contribution is -1.86. The van der Waals surface area contributed by atoms with Crippen molar-refractivity contribution < 1.29 is 0 Å². The molecule has 0 atom stereocenters. The van der Waals surface area contributed by atoms with E-state index in [0.29, 0.717) is 21.2 Å². The van der Waals surface area contributed by atoms with E-state index in [1.54, 1.807) is 36.4 Å². The third-order valence-corrected chi connectivity index (χ3v) is 4.54. The van der Waals surface area contributed by atoms with E-state index in [2.05, 4.69) is 12.1 Å². The number of hydrogen-bond acceptors (Lipinski definition) is 2. The van der Waals surface area contributed by atoms with Crippen LogP contribution in [0.5, 0.6) is 0 Å². The Hall–Kier alpha value is -3.30. The van der Waals surface area contributed by atoms with Crippen molar-refractivity contribution in [2.45, 2.75) is 0 Å². The molecule has 4 heteroatoms. The van der Waals surface area contributed by atoms with Gasteiger partial charge in [-0.05, 0) is 58.7 Å². The summed E-state index contributed by atoms with van der Waals surface area (Å²) in [4.78, 5) is 0. The second-order valence-electron chi connectivity index (χ2n) is 6.03. The Morgan fingerprint density at radius 2 is 1.04 bits per heavy atom. The average molecular weight is 401 g/mol. The molecule has 0 bridgehead atoms. The van der Waals surface area contributed by atoms with Gasteiger partial charge in [0.2, 0.25) is 0 Å². The van der Waals surface area contributed by atoms with E-state index in [9.17, 15) is 10.5 Å². The second-order valence-corrected chi connectivity index (χ2v) is 6.90. The minimum Gasteiger partial charge on any atom is -0.192 e. The maximum absolute atomic E-state index is 9.53. The number of rotatable bonds is 4. The molecule has 3 rings (SSSR count). The lowest BCUT2D eigenvalue weighted by Gasteiger charge is -2.04. The molecule has 3 aromatic rings. The van der Waals surface area contributed by atoms with Crippen molar-refractivity contribution >= 4 is 46.5 Å². The van der Waals surface area contributed by atoms with Crippen LogP contribution in [0.1, 0.15) is 22.3 Å². The lowest BCUT2D eigenvalue weighted by atomic mass is 9.99. The maximum atomic E-state index is 9.53. The zero-order valence-electron chi connectivity index (χ0n) is 14.7. The summed E-state index contributed by atoms with van der Waals surface area (Å²) in [5, 5.41) is 20.3. The Morgan fingerprint density at radius 3 is 1.36 bits per heavy atom. The quantitative estimate of drug-likeness (QED) is 0.345. The summed E-state index contributed by atoms with van der Waals surface area (Å²) in [6.45, 7) is 0. The Morgan fingerprint density at radius 1 is 0.643 bits per heavy atom. The maximum Gasteiger partial charge on any atom is 0.0998 e. The van der Waals surface area contributed by atoms with Crippen molar-refractivity contribution in [3.63, 3.8) is 0 Å². The molecule has 0 aliphatic rings. The van der Waals surface area contributed by atoms with Gasteiger partial charge in [0.15, 0.2) is 0 Å². The molecule has 0 aliphatic carbocycles. The van der Waals surface area contributed by atoms with Gasteiger partial charge in [-0.25, -0.2) is 0 Å². The fourth-order valence-electron chi connectivity index (χ4n) is 2.72. The first-order valence-corrected chi connectivity index (χ1v) is 9.20. The van der Waals surface area contributed by atoms with Crippen molar-refractivity contribution in [2.24, 2.45) is 0 Å². The average Bonchev–Trinajstić information content (AvgIpc) is 2.70. The van der Waals surface area contributed by atoms with Crippen LogP contribution in [0.25, 0.3) is 23.3 Å². The Labute approximate surface area is 174 Å². The van der Waals surface area contributed by atoms with Gasteiger partial charge in [0.05, 0.1) is 23.3 Å². The van der Waals surface area contributed by atoms with Gasteiger partial charge >= 0.3 is 0 Å². The molecule has 3 aromatic carbocycles. The molecular formula is C24H14Cl2N2. The first-order valence-electron chi connectivity index (χ1n) is 8.44. The number of nitrogens with zero attached hydrogens (tertiary/aromatic N) is 2. The highest BCUT2D eigenvalue weighted by molar-refractivity contribution is 6.31. The molecule has 0 aliphatic heterocycles. The van der Waals surface area contributed by atoms with Gasteiger partial charge in [-0.2, -0.15) is 10.5 Å². The number of halogens is 2. The van der Waals surface area contributed by atoms with E-state index in [0.717, 1.165) is 22.3 Å². The van der Waals surface area contributed by atoms with Crippen LogP contribution in [-0.2, 0) is 0 Å². The largest absolute Gasteiger partial charge is 0.192 e. The molecule has 0 unspecified atom stereocenters. The predicted molar refractivity (Wildman–Crippen MR) is 116 cm³/mol. The summed E-state index contributed by atoms with van der Waals surface area (Å²) in [5.41, 5.74) is 4.29. The molecule has 0 saturated heterocycles. The van der Waals surface area contributed by atoms with Crippen molar-refractivity contribution in [2.75, 3.05) is 0 Å². The SMILES string of the molecule is N#CC(=Cc1cccc(Cl)c1)c1ccc(C(C#N)=Cc2cccc(Cl)c2)cc1. The van der Waals surface area contributed by atoms with Crippen molar-refractivity contribution in [3.8, 4) is 12.1 Å². The summed E-state index contributed by atoms with van der Waals surface area (Å²) in [6, 6.07) is 26.4. The van der Waals surface area contributed by atoms with Gasteiger partial charge in [-0.3, -0.25) is 0 Å². The van der Waals surface area contributed by atoms with Crippen molar-refractivity contribution in [1.29, 1.82) is 10.5 Å². The molecule has 0 N–H and O–H groups in total. The monoisotopic (exact) mass is 400 g/mol. The highest BCUT2D eigenvalue weighted by Gasteiger charge is 2.05. The molecule has 2 nitrogen and oxygen atoms in total. The molecule has 0 amide bonds. The van der Waals surface area contributed by atoms with Crippen LogP contribution in [0.15, 0.2) is 72.8 Å². The van der Waals surface area contributed by atoms with Gasteiger partial charge in [-0.1, -0.05) is 71.7 Å². The van der Waals surface area contributed by atoms with Gasteiger partial charge in [-0.15, -0.1) is 0 Å². The van der Waals surface area contributed by atoms with E-state index in [1.165, 1.54) is 0 Å². The van der Waals surface area contributed by atoms with Crippen LogP contribution in [0.2, 0.25) is 10.0 Å². The van der Waals surface area contributed by atoms with Crippen LogP contribution < -0.4 is 0 Å². The summed E-state index contributed by atoms with van der Waals surface area (Å²) in [6.07, 6.45) is 3.57. The Kier molecular flexibility index (Phi) is 6.30. The lowest BCUT2D eigenvalue weighted by molar-refractivity contribution is 1.50. The molecule has 134 valence electrons. The molecule has 0 spiro atoms. The zero-order valence-corrected chi connectivity index (χ0v) is 16.2. The first-order chi connectivity index (χ1) is 13.6. The number of allylic oxidation sites excluding steroid dienone is 2. The smallest absolute Gasteiger partial charge is 0.0998 e. The number of hydrogen-bond donors (Lipinski definition) is 0. The highest BCUT2D eigenvalue weighted by atomic mass is 35.5. The van der Waals surface area contributed by atoms with E-state index < -0.39 is 0 Å². The van der Waals surface area contributed by atoms with Crippen LogP contribution in [-0.4, -0.2) is 0 Å². The van der Waals surface area contributed by atoms with Gasteiger partial charge in [0.25, 0.3) is 0 Å². The van der Waals surface area contributed by atoms with Crippen molar-refractivity contribution in [3.05, 3.63) is 105 Å². The van der Waals surface area contributed by atoms with E-state index in [-0.39, 0.29) is 0 Å². The minimum absolute atomic E-state index is 0.520. The van der Waals surface area contributed by atoms with E-state index in [1.807, 2.05) is 48.5 Å². The fraction of sp³-hybridized carbons (Fsp3) is 0. The normalized spacial score (nSPS) is 11.6. The summed E-state index contributed by atoms with van der Waals surface area (Å²) < 4.78 is 0. The Bertz CT molecular complexity index is 1050. The van der Waals surface area contributed by atoms with Crippen LogP contribution in [0.4, 0.5) is 0 Å². The second kappa shape index (κ2) is 9.07. The summed E-state index contributed by atoms with van der Waals surface area (Å²) >= 11 is 12.0.